The fourth-order valence-electron chi connectivity index (χ4n) is 1.89. The number of hydrogen-bond acceptors (Lipinski definition) is 4. The van der Waals surface area contributed by atoms with Crippen LogP contribution in [0.15, 0.2) is 17.2 Å². The summed E-state index contributed by atoms with van der Waals surface area (Å²) in [4.78, 5) is 19.0. The summed E-state index contributed by atoms with van der Waals surface area (Å²) < 4.78 is 1.69. The zero-order valence-electron chi connectivity index (χ0n) is 11.8. The minimum atomic E-state index is -0.0546. The first-order valence-electron chi connectivity index (χ1n) is 6.57. The van der Waals surface area contributed by atoms with Gasteiger partial charge in [0.2, 0.25) is 0 Å². The molecule has 0 aliphatic heterocycles. The summed E-state index contributed by atoms with van der Waals surface area (Å²) in [5.41, 5.74) is 5.48. The molecule has 19 heavy (non-hydrogen) atoms. The number of anilines is 1. The number of rotatable bonds is 7. The van der Waals surface area contributed by atoms with E-state index >= 15 is 0 Å². The lowest BCUT2D eigenvalue weighted by atomic mass is 10.3. The molecule has 0 saturated carbocycles. The van der Waals surface area contributed by atoms with Crippen molar-refractivity contribution in [3.05, 3.63) is 22.7 Å². The first-order valence-corrected chi connectivity index (χ1v) is 6.98. The Labute approximate surface area is 119 Å². The van der Waals surface area contributed by atoms with Gasteiger partial charge in [-0.25, -0.2) is 4.98 Å². The number of hydrogen-bond donors (Lipinski definition) is 1. The van der Waals surface area contributed by atoms with E-state index in [1.54, 1.807) is 17.0 Å². The molecule has 0 fully saturated rings. The molecule has 1 rings (SSSR count). The third kappa shape index (κ3) is 4.31. The van der Waals surface area contributed by atoms with Crippen molar-refractivity contribution in [3.8, 4) is 0 Å². The van der Waals surface area contributed by atoms with Crippen LogP contribution in [0.25, 0.3) is 0 Å². The molecule has 0 aromatic carbocycles. The van der Waals surface area contributed by atoms with Crippen molar-refractivity contribution < 1.29 is 0 Å². The average molecular weight is 282 g/mol. The Morgan fingerprint density at radius 2 is 2.26 bits per heavy atom. The minimum Gasteiger partial charge on any atom is -0.393 e. The molecule has 1 aromatic rings. The van der Waals surface area contributed by atoms with Crippen molar-refractivity contribution in [3.63, 3.8) is 0 Å². The standard InChI is InChI=1S/C13H22N4OS/c1-4-7-16-9-6-15-12(13(16)18)17(10(2)3)8-5-11(14)19/h6,9-10H,4-5,7-8H2,1-3H3,(H2,14,19). The molecule has 0 atom stereocenters. The molecule has 0 aliphatic rings. The number of nitrogens with two attached hydrogens (primary N) is 1. The van der Waals surface area contributed by atoms with Gasteiger partial charge in [-0.3, -0.25) is 4.79 Å². The fraction of sp³-hybridized carbons (Fsp3) is 0.615. The Morgan fingerprint density at radius 1 is 1.58 bits per heavy atom. The van der Waals surface area contributed by atoms with Gasteiger partial charge in [-0.1, -0.05) is 19.1 Å². The van der Waals surface area contributed by atoms with Gasteiger partial charge in [0.1, 0.15) is 0 Å². The van der Waals surface area contributed by atoms with Crippen LogP contribution in [0.5, 0.6) is 0 Å². The Bertz CT molecular complexity index is 484. The van der Waals surface area contributed by atoms with Crippen LogP contribution in [0, 0.1) is 0 Å². The van der Waals surface area contributed by atoms with Gasteiger partial charge in [0.25, 0.3) is 5.56 Å². The second-order valence-corrected chi connectivity index (χ2v) is 5.28. The lowest BCUT2D eigenvalue weighted by Crippen LogP contribution is -2.39. The molecule has 0 bridgehead atoms. The highest BCUT2D eigenvalue weighted by atomic mass is 32.1. The van der Waals surface area contributed by atoms with Crippen LogP contribution < -0.4 is 16.2 Å². The van der Waals surface area contributed by atoms with Crippen LogP contribution in [0.4, 0.5) is 5.82 Å². The second-order valence-electron chi connectivity index (χ2n) is 4.75. The molecule has 0 aliphatic carbocycles. The van der Waals surface area contributed by atoms with E-state index in [4.69, 9.17) is 18.0 Å². The van der Waals surface area contributed by atoms with Gasteiger partial charge in [0.05, 0.1) is 4.99 Å². The SMILES string of the molecule is CCCn1ccnc(N(CCC(N)=S)C(C)C)c1=O. The summed E-state index contributed by atoms with van der Waals surface area (Å²) in [6.07, 6.45) is 4.89. The van der Waals surface area contributed by atoms with Gasteiger partial charge in [0, 0.05) is 37.9 Å². The molecule has 2 N–H and O–H groups in total. The predicted octanol–water partition coefficient (Wildman–Crippen LogP) is 1.54. The summed E-state index contributed by atoms with van der Waals surface area (Å²) in [6.45, 7) is 7.41. The average Bonchev–Trinajstić information content (AvgIpc) is 2.33. The molecular weight excluding hydrogens is 260 g/mol. The van der Waals surface area contributed by atoms with Crippen LogP contribution in [-0.4, -0.2) is 27.1 Å². The highest BCUT2D eigenvalue weighted by molar-refractivity contribution is 7.80. The molecule has 6 heteroatoms. The van der Waals surface area contributed by atoms with Crippen molar-refractivity contribution in [2.75, 3.05) is 11.4 Å². The number of thiocarbonyl (C=S) groups is 1. The van der Waals surface area contributed by atoms with Crippen molar-refractivity contribution in [2.24, 2.45) is 5.73 Å². The summed E-state index contributed by atoms with van der Waals surface area (Å²) in [7, 11) is 0. The molecule has 0 saturated heterocycles. The highest BCUT2D eigenvalue weighted by Crippen LogP contribution is 2.09. The lowest BCUT2D eigenvalue weighted by molar-refractivity contribution is 0.624. The molecule has 5 nitrogen and oxygen atoms in total. The van der Waals surface area contributed by atoms with Crippen LogP contribution in [0.2, 0.25) is 0 Å². The van der Waals surface area contributed by atoms with Crippen LogP contribution >= 0.6 is 12.2 Å². The van der Waals surface area contributed by atoms with Gasteiger partial charge in [-0.05, 0) is 20.3 Å². The third-order valence-corrected chi connectivity index (χ3v) is 3.06. The fourth-order valence-corrected chi connectivity index (χ4v) is 1.98. The molecule has 0 amide bonds. The first kappa shape index (κ1) is 15.6. The van der Waals surface area contributed by atoms with Gasteiger partial charge >= 0.3 is 0 Å². The van der Waals surface area contributed by atoms with E-state index in [9.17, 15) is 4.79 Å². The molecular formula is C13H22N4OS. The maximum atomic E-state index is 12.3. The Balaban J connectivity index is 3.05. The van der Waals surface area contributed by atoms with E-state index in [0.29, 0.717) is 30.3 Å². The summed E-state index contributed by atoms with van der Waals surface area (Å²) in [5.74, 6) is 0.474. The molecule has 1 heterocycles. The van der Waals surface area contributed by atoms with Crippen LogP contribution in [0.1, 0.15) is 33.6 Å². The maximum absolute atomic E-state index is 12.3. The Hall–Kier alpha value is -1.43. The smallest absolute Gasteiger partial charge is 0.293 e. The maximum Gasteiger partial charge on any atom is 0.293 e. The van der Waals surface area contributed by atoms with Gasteiger partial charge in [-0.2, -0.15) is 0 Å². The molecule has 0 unspecified atom stereocenters. The number of aromatic nitrogens is 2. The van der Waals surface area contributed by atoms with E-state index in [2.05, 4.69) is 4.98 Å². The van der Waals surface area contributed by atoms with Crippen LogP contribution in [-0.2, 0) is 6.54 Å². The number of aryl methyl sites for hydroxylation is 1. The quantitative estimate of drug-likeness (QED) is 0.769. The summed E-state index contributed by atoms with van der Waals surface area (Å²) in [6, 6.07) is 0.173. The van der Waals surface area contributed by atoms with Crippen molar-refractivity contribution >= 4 is 23.0 Å². The topological polar surface area (TPSA) is 64.2 Å². The van der Waals surface area contributed by atoms with Crippen molar-refractivity contribution in [1.29, 1.82) is 0 Å². The molecule has 1 aromatic heterocycles. The minimum absolute atomic E-state index is 0.0546. The lowest BCUT2D eigenvalue weighted by Gasteiger charge is -2.27. The van der Waals surface area contributed by atoms with Gasteiger partial charge in [-0.15, -0.1) is 0 Å². The molecule has 0 spiro atoms. The predicted molar refractivity (Wildman–Crippen MR) is 82.7 cm³/mol. The van der Waals surface area contributed by atoms with Crippen molar-refractivity contribution in [1.82, 2.24) is 9.55 Å². The van der Waals surface area contributed by atoms with E-state index in [1.165, 1.54) is 0 Å². The van der Waals surface area contributed by atoms with Gasteiger partial charge in [0.15, 0.2) is 5.82 Å². The second kappa shape index (κ2) is 7.23. The molecule has 106 valence electrons. The highest BCUT2D eigenvalue weighted by Gasteiger charge is 2.16. The summed E-state index contributed by atoms with van der Waals surface area (Å²) in [5, 5.41) is 0. The Kier molecular flexibility index (Phi) is 5.95. The van der Waals surface area contributed by atoms with Gasteiger partial charge < -0.3 is 15.2 Å². The largest absolute Gasteiger partial charge is 0.393 e. The monoisotopic (exact) mass is 282 g/mol. The zero-order valence-corrected chi connectivity index (χ0v) is 12.6. The zero-order chi connectivity index (χ0) is 14.4. The summed E-state index contributed by atoms with van der Waals surface area (Å²) >= 11 is 4.90. The van der Waals surface area contributed by atoms with Crippen molar-refractivity contribution in [2.45, 2.75) is 46.2 Å². The van der Waals surface area contributed by atoms with E-state index in [0.717, 1.165) is 6.42 Å². The Morgan fingerprint density at radius 3 is 2.79 bits per heavy atom. The van der Waals surface area contributed by atoms with Crippen LogP contribution in [0.3, 0.4) is 0 Å². The van der Waals surface area contributed by atoms with E-state index in [-0.39, 0.29) is 11.6 Å². The number of nitrogens with zero attached hydrogens (tertiary/aromatic N) is 3. The third-order valence-electron chi connectivity index (χ3n) is 2.85. The van der Waals surface area contributed by atoms with E-state index in [1.807, 2.05) is 25.7 Å². The normalized spacial score (nSPS) is 10.7. The first-order chi connectivity index (χ1) is 8.97. The van der Waals surface area contributed by atoms with E-state index < -0.39 is 0 Å². The molecule has 0 radical (unpaired) electrons.